The van der Waals surface area contributed by atoms with E-state index in [4.69, 9.17) is 4.74 Å². The van der Waals surface area contributed by atoms with Gasteiger partial charge in [0.15, 0.2) is 0 Å². The third-order valence-corrected chi connectivity index (χ3v) is 2.48. The second kappa shape index (κ2) is 9.99. The first kappa shape index (κ1) is 14.5. The van der Waals surface area contributed by atoms with Crippen LogP contribution in [-0.4, -0.2) is 63.3 Å². The fraction of sp³-hybridized carbons (Fsp3) is 1.00. The van der Waals surface area contributed by atoms with Gasteiger partial charge in [0, 0.05) is 0 Å². The third kappa shape index (κ3) is 11.4. The third-order valence-electron chi connectivity index (χ3n) is 1.95. The second-order valence-corrected chi connectivity index (χ2v) is 3.86. The molecule has 1 nitrogen and oxygen atoms in total. The van der Waals surface area contributed by atoms with Crippen LogP contribution in [0.5, 0.6) is 0 Å². The van der Waals surface area contributed by atoms with Crippen LogP contribution >= 0.6 is 0 Å². The molecule has 0 bridgehead atoms. The summed E-state index contributed by atoms with van der Waals surface area (Å²) in [5, 5.41) is 0. The van der Waals surface area contributed by atoms with E-state index < -0.39 is 7.54 Å². The molecule has 0 saturated heterocycles. The van der Waals surface area contributed by atoms with Gasteiger partial charge in [0.05, 0.1) is 0 Å². The van der Waals surface area contributed by atoms with E-state index in [1.165, 1.54) is 32.1 Å². The Hall–Kier alpha value is 1.45. The SMILES string of the molecule is FB(F)F.[K][CH2]OC1CCCCC1. The van der Waals surface area contributed by atoms with E-state index in [-0.39, 0.29) is 0 Å². The number of ether oxygens (including phenoxy) is 1. The molecule has 0 aromatic heterocycles. The molecule has 6 heteroatoms. The summed E-state index contributed by atoms with van der Waals surface area (Å²) in [5.74, 6) is 0. The van der Waals surface area contributed by atoms with Crippen molar-refractivity contribution in [1.82, 2.24) is 0 Å². The molecule has 0 aliphatic heterocycles. The second-order valence-electron chi connectivity index (χ2n) is 2.96. The Labute approximate surface area is 112 Å². The number of halogens is 3. The quantitative estimate of drug-likeness (QED) is 0.649. The topological polar surface area (TPSA) is 9.23 Å². The van der Waals surface area contributed by atoms with E-state index in [0.29, 0.717) is 6.10 Å². The first-order valence-corrected chi connectivity index (χ1v) is 6.91. The standard InChI is InChI=1S/C7H13O.BF3.K/c1-8-7-5-3-2-4-6-7;2-1(3)4;/h7H,1-6H2;;. The summed E-state index contributed by atoms with van der Waals surface area (Å²) in [4.78, 5) is 0. The number of rotatable bonds is 2. The van der Waals surface area contributed by atoms with Gasteiger partial charge in [-0.05, 0) is 0 Å². The van der Waals surface area contributed by atoms with Gasteiger partial charge in [-0.3, -0.25) is 12.9 Å². The van der Waals surface area contributed by atoms with Crippen molar-refractivity contribution in [1.29, 1.82) is 0 Å². The molecule has 0 spiro atoms. The van der Waals surface area contributed by atoms with Crippen molar-refractivity contribution in [3.05, 3.63) is 0 Å². The minimum absolute atomic E-state index is 0.648. The van der Waals surface area contributed by atoms with Crippen molar-refractivity contribution in [2.45, 2.75) is 38.2 Å². The van der Waals surface area contributed by atoms with Crippen LogP contribution in [0.2, 0.25) is 0 Å². The van der Waals surface area contributed by atoms with E-state index in [1.54, 1.807) is 0 Å². The molecule has 13 heavy (non-hydrogen) atoms. The van der Waals surface area contributed by atoms with Crippen LogP contribution in [0, 0.1) is 0 Å². The van der Waals surface area contributed by atoms with Crippen LogP contribution in [0.3, 0.4) is 0 Å². The molecule has 0 amide bonds. The molecular formula is C7H13BF3KO. The summed E-state index contributed by atoms with van der Waals surface area (Å²) in [6.45, 7) is 0. The Morgan fingerprint density at radius 2 is 1.62 bits per heavy atom. The molecule has 1 fully saturated rings. The summed E-state index contributed by atoms with van der Waals surface area (Å²) in [6, 6.07) is 0. The summed E-state index contributed by atoms with van der Waals surface area (Å²) < 4.78 is 35.6. The first-order chi connectivity index (χ1) is 6.16. The molecule has 0 aromatic rings. The molecule has 1 saturated carbocycles. The Kier molecular flexibility index (Phi) is 11.1. The fourth-order valence-electron chi connectivity index (χ4n) is 1.47. The van der Waals surface area contributed by atoms with Gasteiger partial charge in [-0.1, -0.05) is 0 Å². The van der Waals surface area contributed by atoms with Gasteiger partial charge in [0.2, 0.25) is 0 Å². The van der Waals surface area contributed by atoms with Gasteiger partial charge >= 0.3 is 100 Å². The molecule has 0 N–H and O–H groups in total. The van der Waals surface area contributed by atoms with Crippen molar-refractivity contribution in [3.8, 4) is 0 Å². The molecule has 0 aromatic carbocycles. The molecule has 0 atom stereocenters. The number of hydrogen-bond acceptors (Lipinski definition) is 1. The summed E-state index contributed by atoms with van der Waals surface area (Å²) in [6.07, 6.45) is 7.54. The Morgan fingerprint density at radius 3 is 2.00 bits per heavy atom. The zero-order valence-corrected chi connectivity index (χ0v) is 11.1. The van der Waals surface area contributed by atoms with Crippen molar-refractivity contribution in [3.63, 3.8) is 0 Å². The van der Waals surface area contributed by atoms with Gasteiger partial charge in [-0.15, -0.1) is 0 Å². The van der Waals surface area contributed by atoms with E-state index in [2.05, 4.69) is 0 Å². The maximum atomic E-state index is 9.67. The monoisotopic (exact) mass is 220 g/mol. The van der Waals surface area contributed by atoms with E-state index in [9.17, 15) is 12.9 Å². The summed E-state index contributed by atoms with van der Waals surface area (Å²) >= 11 is 0.893. The van der Waals surface area contributed by atoms with Crippen molar-refractivity contribution < 1.29 is 17.7 Å². The predicted molar refractivity (Wildman–Crippen MR) is 47.7 cm³/mol. The van der Waals surface area contributed by atoms with Crippen LogP contribution < -0.4 is 0 Å². The molecule has 1 aliphatic rings. The molecule has 72 valence electrons. The zero-order valence-electron chi connectivity index (χ0n) is 7.94. The van der Waals surface area contributed by atoms with Crippen molar-refractivity contribution in [2.24, 2.45) is 0 Å². The first-order valence-electron chi connectivity index (χ1n) is 4.70. The normalized spacial score (nSPS) is 17.6. The Bertz CT molecular complexity index is 106. The molecule has 0 heterocycles. The molecule has 1 aliphatic carbocycles. The van der Waals surface area contributed by atoms with Crippen LogP contribution in [-0.2, 0) is 4.74 Å². The number of hydrogen-bond donors (Lipinski definition) is 0. The Morgan fingerprint density at radius 1 is 1.15 bits per heavy atom. The van der Waals surface area contributed by atoms with Gasteiger partial charge in [0.1, 0.15) is 0 Å². The average Bonchev–Trinajstić information content (AvgIpc) is 2.06. The molecular weight excluding hydrogens is 207 g/mol. The maximum absolute atomic E-state index is 9.67. The summed E-state index contributed by atoms with van der Waals surface area (Å²) in [5.41, 5.74) is 0. The minimum atomic E-state index is -3.67. The predicted octanol–water partition coefficient (Wildman–Crippen LogP) is 2.34. The van der Waals surface area contributed by atoms with Crippen LogP contribution in [0.1, 0.15) is 32.1 Å². The Balaban J connectivity index is 0.000000310. The van der Waals surface area contributed by atoms with Crippen molar-refractivity contribution >= 4 is 56.5 Å². The van der Waals surface area contributed by atoms with E-state index in [0.717, 1.165) is 49.7 Å². The molecule has 0 unspecified atom stereocenters. The van der Waals surface area contributed by atoms with E-state index in [1.807, 2.05) is 0 Å². The van der Waals surface area contributed by atoms with Gasteiger partial charge in [-0.25, -0.2) is 0 Å². The van der Waals surface area contributed by atoms with Crippen LogP contribution in [0.15, 0.2) is 0 Å². The molecule has 1 rings (SSSR count). The van der Waals surface area contributed by atoms with Crippen molar-refractivity contribution in [2.75, 3.05) is 0.701 Å². The average molecular weight is 220 g/mol. The van der Waals surface area contributed by atoms with Gasteiger partial charge < -0.3 is 0 Å². The van der Waals surface area contributed by atoms with Crippen LogP contribution in [0.25, 0.3) is 0 Å². The zero-order chi connectivity index (χ0) is 10.1. The van der Waals surface area contributed by atoms with Gasteiger partial charge in [-0.2, -0.15) is 0 Å². The molecule has 0 radical (unpaired) electrons. The van der Waals surface area contributed by atoms with Gasteiger partial charge in [0.25, 0.3) is 0 Å². The fourth-order valence-corrected chi connectivity index (χ4v) is 2.20. The van der Waals surface area contributed by atoms with Crippen LogP contribution in [0.4, 0.5) is 12.9 Å². The van der Waals surface area contributed by atoms with E-state index >= 15 is 0 Å². The summed E-state index contributed by atoms with van der Waals surface area (Å²) in [7, 11) is -3.67.